The molecule has 0 saturated carbocycles. The zero-order valence-corrected chi connectivity index (χ0v) is 17.1. The van der Waals surface area contributed by atoms with Gasteiger partial charge in [0.1, 0.15) is 0 Å². The summed E-state index contributed by atoms with van der Waals surface area (Å²) < 4.78 is 11.9. The fraction of sp³-hybridized carbons (Fsp3) is 0.0714. The van der Waals surface area contributed by atoms with Gasteiger partial charge in [0.2, 0.25) is 0 Å². The number of hydrogen-bond donors (Lipinski definition) is 0. The molecular weight excluding hydrogens is 379 g/mol. The summed E-state index contributed by atoms with van der Waals surface area (Å²) in [6.45, 7) is 1.27. The smallest absolute Gasteiger partial charge is 0.405 e. The SMILES string of the molecule is c1ccc(-c2ccc(-c3c4ccccc4c(B4OCCO4)c4ccccc34)cc2)cc1. The second-order valence-electron chi connectivity index (χ2n) is 7.90. The van der Waals surface area contributed by atoms with E-state index in [9.17, 15) is 0 Å². The van der Waals surface area contributed by atoms with Crippen LogP contribution in [0.4, 0.5) is 0 Å². The molecule has 0 unspecified atom stereocenters. The third-order valence-electron chi connectivity index (χ3n) is 6.11. The molecule has 0 atom stereocenters. The molecule has 0 aliphatic carbocycles. The largest absolute Gasteiger partial charge is 0.495 e. The van der Waals surface area contributed by atoms with Gasteiger partial charge in [-0.05, 0) is 49.3 Å². The molecule has 148 valence electrons. The van der Waals surface area contributed by atoms with Gasteiger partial charge in [0.15, 0.2) is 0 Å². The molecule has 0 aromatic heterocycles. The van der Waals surface area contributed by atoms with Crippen LogP contribution in [-0.2, 0) is 9.31 Å². The van der Waals surface area contributed by atoms with Gasteiger partial charge in [-0.1, -0.05) is 103 Å². The van der Waals surface area contributed by atoms with E-state index in [1.54, 1.807) is 0 Å². The first-order valence-corrected chi connectivity index (χ1v) is 10.7. The van der Waals surface area contributed by atoms with E-state index in [2.05, 4.69) is 103 Å². The van der Waals surface area contributed by atoms with Gasteiger partial charge < -0.3 is 9.31 Å². The molecule has 0 amide bonds. The van der Waals surface area contributed by atoms with Crippen LogP contribution in [0.3, 0.4) is 0 Å². The Morgan fingerprint density at radius 2 is 0.903 bits per heavy atom. The summed E-state index contributed by atoms with van der Waals surface area (Å²) in [6.07, 6.45) is 0. The molecule has 0 radical (unpaired) electrons. The van der Waals surface area contributed by atoms with Crippen LogP contribution in [0.15, 0.2) is 103 Å². The lowest BCUT2D eigenvalue weighted by Crippen LogP contribution is -2.33. The second kappa shape index (κ2) is 7.70. The van der Waals surface area contributed by atoms with Crippen LogP contribution in [0.2, 0.25) is 0 Å². The minimum atomic E-state index is -0.315. The maximum absolute atomic E-state index is 5.94. The Labute approximate surface area is 182 Å². The maximum atomic E-state index is 5.94. The van der Waals surface area contributed by atoms with Gasteiger partial charge in [0, 0.05) is 0 Å². The fourth-order valence-electron chi connectivity index (χ4n) is 4.71. The predicted molar refractivity (Wildman–Crippen MR) is 130 cm³/mol. The molecule has 0 spiro atoms. The minimum absolute atomic E-state index is 0.315. The molecule has 1 fully saturated rings. The highest BCUT2D eigenvalue weighted by atomic mass is 16.6. The predicted octanol–water partition coefficient (Wildman–Crippen LogP) is 6.07. The highest BCUT2D eigenvalue weighted by Gasteiger charge is 2.31. The van der Waals surface area contributed by atoms with Crippen LogP contribution in [0.1, 0.15) is 0 Å². The molecule has 0 N–H and O–H groups in total. The normalized spacial score (nSPS) is 13.9. The summed E-state index contributed by atoms with van der Waals surface area (Å²) in [7, 11) is -0.315. The first kappa shape index (κ1) is 18.4. The van der Waals surface area contributed by atoms with Gasteiger partial charge in [-0.2, -0.15) is 0 Å². The molecule has 31 heavy (non-hydrogen) atoms. The Morgan fingerprint density at radius 1 is 0.452 bits per heavy atom. The highest BCUT2D eigenvalue weighted by Crippen LogP contribution is 2.36. The number of hydrogen-bond acceptors (Lipinski definition) is 2. The molecule has 0 bridgehead atoms. The molecule has 6 rings (SSSR count). The lowest BCUT2D eigenvalue weighted by atomic mass is 9.72. The quantitative estimate of drug-likeness (QED) is 0.270. The van der Waals surface area contributed by atoms with Gasteiger partial charge in [0.05, 0.1) is 13.2 Å². The summed E-state index contributed by atoms with van der Waals surface area (Å²) in [4.78, 5) is 0. The molecular formula is C28H21BO2. The number of fused-ring (bicyclic) bond motifs is 2. The van der Waals surface area contributed by atoms with E-state index in [1.165, 1.54) is 43.8 Å². The summed E-state index contributed by atoms with van der Waals surface area (Å²) in [5.74, 6) is 0. The van der Waals surface area contributed by atoms with Gasteiger partial charge in [-0.3, -0.25) is 0 Å². The van der Waals surface area contributed by atoms with Crippen molar-refractivity contribution in [1.29, 1.82) is 0 Å². The maximum Gasteiger partial charge on any atom is 0.495 e. The summed E-state index contributed by atoms with van der Waals surface area (Å²) in [5.41, 5.74) is 6.06. The Kier molecular flexibility index (Phi) is 4.56. The Balaban J connectivity index is 1.61. The molecule has 1 aliphatic heterocycles. The zero-order chi connectivity index (χ0) is 20.6. The average molecular weight is 400 g/mol. The first-order valence-electron chi connectivity index (χ1n) is 10.7. The first-order chi connectivity index (χ1) is 15.4. The van der Waals surface area contributed by atoms with Gasteiger partial charge in [0.25, 0.3) is 0 Å². The monoisotopic (exact) mass is 400 g/mol. The van der Waals surface area contributed by atoms with Crippen LogP contribution < -0.4 is 5.46 Å². The van der Waals surface area contributed by atoms with Gasteiger partial charge in [-0.15, -0.1) is 0 Å². The van der Waals surface area contributed by atoms with Crippen LogP contribution in [0.5, 0.6) is 0 Å². The lowest BCUT2D eigenvalue weighted by molar-refractivity contribution is 0.365. The standard InChI is InChI=1S/C28H21BO2/c1-2-8-20(9-3-1)21-14-16-22(17-15-21)27-23-10-4-6-12-25(23)28(29-30-18-19-31-29)26-13-7-5-11-24(26)27/h1-17H,18-19H2. The van der Waals surface area contributed by atoms with Crippen LogP contribution >= 0.6 is 0 Å². The molecule has 5 aromatic carbocycles. The Hall–Kier alpha value is -3.40. The van der Waals surface area contributed by atoms with Crippen LogP contribution in [-0.4, -0.2) is 20.3 Å². The van der Waals surface area contributed by atoms with E-state index in [1.807, 2.05) is 0 Å². The van der Waals surface area contributed by atoms with Crippen molar-refractivity contribution in [3.05, 3.63) is 103 Å². The van der Waals surface area contributed by atoms with Crippen molar-refractivity contribution in [1.82, 2.24) is 0 Å². The van der Waals surface area contributed by atoms with Crippen molar-refractivity contribution in [2.45, 2.75) is 0 Å². The van der Waals surface area contributed by atoms with E-state index in [4.69, 9.17) is 9.31 Å². The zero-order valence-electron chi connectivity index (χ0n) is 17.1. The molecule has 2 nitrogen and oxygen atoms in total. The summed E-state index contributed by atoms with van der Waals surface area (Å²) >= 11 is 0. The summed E-state index contributed by atoms with van der Waals surface area (Å²) in [6, 6.07) is 36.6. The topological polar surface area (TPSA) is 18.5 Å². The van der Waals surface area contributed by atoms with Crippen molar-refractivity contribution >= 4 is 34.1 Å². The molecule has 1 heterocycles. The third kappa shape index (κ3) is 3.14. The van der Waals surface area contributed by atoms with E-state index >= 15 is 0 Å². The van der Waals surface area contributed by atoms with Gasteiger partial charge in [-0.25, -0.2) is 0 Å². The number of benzene rings is 5. The van der Waals surface area contributed by atoms with Crippen molar-refractivity contribution < 1.29 is 9.31 Å². The van der Waals surface area contributed by atoms with Crippen molar-refractivity contribution in [3.8, 4) is 22.3 Å². The van der Waals surface area contributed by atoms with E-state index in [0.717, 1.165) is 5.46 Å². The Morgan fingerprint density at radius 3 is 1.48 bits per heavy atom. The summed E-state index contributed by atoms with van der Waals surface area (Å²) in [5, 5.41) is 4.83. The second-order valence-corrected chi connectivity index (χ2v) is 7.90. The fourth-order valence-corrected chi connectivity index (χ4v) is 4.71. The van der Waals surface area contributed by atoms with Crippen LogP contribution in [0.25, 0.3) is 43.8 Å². The van der Waals surface area contributed by atoms with E-state index < -0.39 is 0 Å². The van der Waals surface area contributed by atoms with Crippen molar-refractivity contribution in [2.24, 2.45) is 0 Å². The molecule has 1 saturated heterocycles. The highest BCUT2D eigenvalue weighted by molar-refractivity contribution is 6.68. The number of rotatable bonds is 3. The average Bonchev–Trinajstić information content (AvgIpc) is 3.37. The van der Waals surface area contributed by atoms with Crippen molar-refractivity contribution in [2.75, 3.05) is 13.2 Å². The third-order valence-corrected chi connectivity index (χ3v) is 6.11. The minimum Gasteiger partial charge on any atom is -0.405 e. The van der Waals surface area contributed by atoms with Crippen molar-refractivity contribution in [3.63, 3.8) is 0 Å². The molecule has 5 aromatic rings. The lowest BCUT2D eigenvalue weighted by Gasteiger charge is -2.18. The van der Waals surface area contributed by atoms with E-state index in [-0.39, 0.29) is 7.12 Å². The van der Waals surface area contributed by atoms with Gasteiger partial charge >= 0.3 is 7.12 Å². The van der Waals surface area contributed by atoms with Crippen LogP contribution in [0, 0.1) is 0 Å². The Bertz CT molecular complexity index is 1310. The molecule has 3 heteroatoms. The van der Waals surface area contributed by atoms with E-state index in [0.29, 0.717) is 13.2 Å². The molecule has 1 aliphatic rings.